The Kier molecular flexibility index (Phi) is 2.17. The molecule has 7 atom stereocenters. The van der Waals surface area contributed by atoms with Crippen molar-refractivity contribution in [1.29, 1.82) is 0 Å². The highest BCUT2D eigenvalue weighted by atomic mass is 16.6. The van der Waals surface area contributed by atoms with E-state index in [9.17, 15) is 10.2 Å². The van der Waals surface area contributed by atoms with Crippen LogP contribution in [0.4, 0.5) is 0 Å². The predicted molar refractivity (Wildman–Crippen MR) is 59.4 cm³/mol. The van der Waals surface area contributed by atoms with Crippen molar-refractivity contribution < 1.29 is 19.7 Å². The average Bonchev–Trinajstić information content (AvgIpc) is 3.03. The third-order valence-electron chi connectivity index (χ3n) is 5.45. The average molecular weight is 240 g/mol. The van der Waals surface area contributed by atoms with Gasteiger partial charge in [0.15, 0.2) is 0 Å². The summed E-state index contributed by atoms with van der Waals surface area (Å²) in [6.07, 6.45) is 5.16. The van der Waals surface area contributed by atoms with Crippen molar-refractivity contribution in [2.75, 3.05) is 6.61 Å². The molecule has 17 heavy (non-hydrogen) atoms. The van der Waals surface area contributed by atoms with Crippen molar-refractivity contribution in [2.45, 2.75) is 62.6 Å². The number of aliphatic hydroxyl groups excluding tert-OH is 2. The zero-order valence-corrected chi connectivity index (χ0v) is 9.92. The Bertz CT molecular complexity index is 329. The zero-order valence-electron chi connectivity index (χ0n) is 9.92. The van der Waals surface area contributed by atoms with Crippen LogP contribution >= 0.6 is 0 Å². The number of hydrogen-bond donors (Lipinski definition) is 2. The van der Waals surface area contributed by atoms with Gasteiger partial charge in [-0.05, 0) is 18.8 Å². The summed E-state index contributed by atoms with van der Waals surface area (Å²) in [4.78, 5) is 0. The molecule has 0 unspecified atom stereocenters. The van der Waals surface area contributed by atoms with E-state index in [4.69, 9.17) is 9.47 Å². The van der Waals surface area contributed by atoms with Crippen LogP contribution in [0.15, 0.2) is 0 Å². The van der Waals surface area contributed by atoms with Crippen molar-refractivity contribution in [3.8, 4) is 0 Å². The standard InChI is InChI=1S/C13H20O4/c14-6-13-7-3-1-2-4-9(7)16-11(13)8(15)5-10-12(13)17-10/h7-12,14-15H,1-6H2/t7-,8+,9-,10-,11-,12-,13-/m0/s1. The molecule has 0 aromatic heterocycles. The Morgan fingerprint density at radius 2 is 1.82 bits per heavy atom. The molecule has 96 valence electrons. The van der Waals surface area contributed by atoms with Crippen LogP contribution in [-0.2, 0) is 9.47 Å². The van der Waals surface area contributed by atoms with E-state index in [1.807, 2.05) is 0 Å². The highest BCUT2D eigenvalue weighted by Gasteiger charge is 2.71. The first-order chi connectivity index (χ1) is 8.27. The normalized spacial score (nSPS) is 60.4. The largest absolute Gasteiger partial charge is 0.396 e. The maximum absolute atomic E-state index is 10.2. The third kappa shape index (κ3) is 1.22. The fraction of sp³-hybridized carbons (Fsp3) is 1.00. The Balaban J connectivity index is 1.74. The predicted octanol–water partition coefficient (Wildman–Crippen LogP) is 0.455. The lowest BCUT2D eigenvalue weighted by Gasteiger charge is -2.41. The molecule has 4 rings (SSSR count). The van der Waals surface area contributed by atoms with Crippen molar-refractivity contribution in [3.05, 3.63) is 0 Å². The Labute approximate surface area is 101 Å². The van der Waals surface area contributed by atoms with Gasteiger partial charge in [0.25, 0.3) is 0 Å². The van der Waals surface area contributed by atoms with Crippen LogP contribution in [-0.4, -0.2) is 47.3 Å². The van der Waals surface area contributed by atoms with Gasteiger partial charge in [-0.1, -0.05) is 12.8 Å². The van der Waals surface area contributed by atoms with Gasteiger partial charge in [0.2, 0.25) is 0 Å². The summed E-state index contributed by atoms with van der Waals surface area (Å²) in [6.45, 7) is 0.0943. The minimum absolute atomic E-state index is 0.0943. The van der Waals surface area contributed by atoms with Gasteiger partial charge in [-0.2, -0.15) is 0 Å². The van der Waals surface area contributed by atoms with E-state index in [0.717, 1.165) is 12.8 Å². The van der Waals surface area contributed by atoms with Crippen molar-refractivity contribution in [2.24, 2.45) is 11.3 Å². The summed E-state index contributed by atoms with van der Waals surface area (Å²) in [6, 6.07) is 0. The zero-order chi connectivity index (χ0) is 11.6. The maximum atomic E-state index is 10.2. The molecule has 0 aromatic rings. The van der Waals surface area contributed by atoms with E-state index >= 15 is 0 Å². The van der Waals surface area contributed by atoms with Gasteiger partial charge in [-0.25, -0.2) is 0 Å². The highest BCUT2D eigenvalue weighted by molar-refractivity contribution is 5.18. The van der Waals surface area contributed by atoms with Gasteiger partial charge in [-0.15, -0.1) is 0 Å². The van der Waals surface area contributed by atoms with Crippen LogP contribution < -0.4 is 0 Å². The van der Waals surface area contributed by atoms with Gasteiger partial charge >= 0.3 is 0 Å². The lowest BCUT2D eigenvalue weighted by atomic mass is 9.61. The van der Waals surface area contributed by atoms with E-state index < -0.39 is 6.10 Å². The van der Waals surface area contributed by atoms with Gasteiger partial charge in [0.05, 0.1) is 42.5 Å². The molecule has 2 heterocycles. The topological polar surface area (TPSA) is 62.2 Å². The van der Waals surface area contributed by atoms with Crippen LogP contribution in [0.1, 0.15) is 32.1 Å². The quantitative estimate of drug-likeness (QED) is 0.653. The number of aliphatic hydroxyl groups is 2. The Hall–Kier alpha value is -0.160. The van der Waals surface area contributed by atoms with Crippen LogP contribution in [0.5, 0.6) is 0 Å². The number of hydrogen-bond acceptors (Lipinski definition) is 4. The number of epoxide rings is 1. The summed E-state index contributed by atoms with van der Waals surface area (Å²) >= 11 is 0. The van der Waals surface area contributed by atoms with Crippen LogP contribution in [0.25, 0.3) is 0 Å². The van der Waals surface area contributed by atoms with E-state index in [2.05, 4.69) is 0 Å². The molecule has 4 aliphatic rings. The number of ether oxygens (including phenoxy) is 2. The molecular weight excluding hydrogens is 220 g/mol. The van der Waals surface area contributed by atoms with E-state index in [1.165, 1.54) is 12.8 Å². The van der Waals surface area contributed by atoms with Crippen LogP contribution in [0, 0.1) is 11.3 Å². The van der Waals surface area contributed by atoms with Gasteiger partial charge < -0.3 is 19.7 Å². The van der Waals surface area contributed by atoms with Gasteiger partial charge in [0.1, 0.15) is 0 Å². The molecule has 0 bridgehead atoms. The number of fused-ring (bicyclic) bond motifs is 5. The Morgan fingerprint density at radius 3 is 2.65 bits per heavy atom. The second-order valence-electron chi connectivity index (χ2n) is 6.15. The minimum Gasteiger partial charge on any atom is -0.396 e. The minimum atomic E-state index is -0.462. The molecule has 2 N–H and O–H groups in total. The molecule has 0 amide bonds. The second-order valence-corrected chi connectivity index (χ2v) is 6.15. The summed E-state index contributed by atoms with van der Waals surface area (Å²) in [5, 5.41) is 20.1. The molecule has 0 spiro atoms. The van der Waals surface area contributed by atoms with Crippen LogP contribution in [0.3, 0.4) is 0 Å². The highest BCUT2D eigenvalue weighted by Crippen LogP contribution is 2.61. The van der Waals surface area contributed by atoms with E-state index in [0.29, 0.717) is 12.3 Å². The first-order valence-electron chi connectivity index (χ1n) is 6.87. The molecule has 2 saturated heterocycles. The lowest BCUT2D eigenvalue weighted by molar-refractivity contribution is -0.0979. The summed E-state index contributed by atoms with van der Waals surface area (Å²) < 4.78 is 11.8. The SMILES string of the molecule is OC[C@]12[C@H]3CCCC[C@@H]3O[C@H]1[C@H](O)C[C@@H]1O[C@@H]12. The maximum Gasteiger partial charge on any atom is 0.0950 e. The first-order valence-corrected chi connectivity index (χ1v) is 6.87. The molecule has 2 aliphatic carbocycles. The fourth-order valence-electron chi connectivity index (χ4n) is 4.68. The number of rotatable bonds is 1. The van der Waals surface area contributed by atoms with Crippen LogP contribution in [0.2, 0.25) is 0 Å². The summed E-state index contributed by atoms with van der Waals surface area (Å²) in [7, 11) is 0. The summed E-state index contributed by atoms with van der Waals surface area (Å²) in [5.41, 5.74) is -0.312. The molecule has 0 aromatic carbocycles. The molecule has 4 nitrogen and oxygen atoms in total. The van der Waals surface area contributed by atoms with E-state index in [1.54, 1.807) is 0 Å². The monoisotopic (exact) mass is 240 g/mol. The molecule has 4 heteroatoms. The molecule has 4 fully saturated rings. The van der Waals surface area contributed by atoms with Gasteiger partial charge in [0, 0.05) is 6.42 Å². The smallest absolute Gasteiger partial charge is 0.0950 e. The van der Waals surface area contributed by atoms with Gasteiger partial charge in [-0.3, -0.25) is 0 Å². The third-order valence-corrected chi connectivity index (χ3v) is 5.45. The molecular formula is C13H20O4. The van der Waals surface area contributed by atoms with Crippen molar-refractivity contribution in [3.63, 3.8) is 0 Å². The van der Waals surface area contributed by atoms with Crippen molar-refractivity contribution in [1.82, 2.24) is 0 Å². The van der Waals surface area contributed by atoms with E-state index in [-0.39, 0.29) is 36.4 Å². The fourth-order valence-corrected chi connectivity index (χ4v) is 4.68. The second kappa shape index (κ2) is 3.44. The lowest BCUT2D eigenvalue weighted by Crippen LogP contribution is -2.54. The molecule has 2 aliphatic heterocycles. The van der Waals surface area contributed by atoms with Crippen molar-refractivity contribution >= 4 is 0 Å². The summed E-state index contributed by atoms with van der Waals surface area (Å²) in [5.74, 6) is 0.385. The molecule has 2 saturated carbocycles. The molecule has 0 radical (unpaired) electrons. The Morgan fingerprint density at radius 1 is 1.06 bits per heavy atom. The first kappa shape index (κ1) is 10.7.